The van der Waals surface area contributed by atoms with Gasteiger partial charge in [0.15, 0.2) is 5.82 Å². The van der Waals surface area contributed by atoms with E-state index < -0.39 is 0 Å². The van der Waals surface area contributed by atoms with Gasteiger partial charge in [0.1, 0.15) is 11.6 Å². The number of benzene rings is 1. The Hall–Kier alpha value is -2.41. The molecule has 1 saturated carbocycles. The monoisotopic (exact) mass is 397 g/mol. The van der Waals surface area contributed by atoms with Crippen LogP contribution in [0.15, 0.2) is 24.3 Å². The molecule has 29 heavy (non-hydrogen) atoms. The van der Waals surface area contributed by atoms with Crippen molar-refractivity contribution in [1.29, 1.82) is 0 Å². The van der Waals surface area contributed by atoms with Crippen LogP contribution in [0.4, 0.5) is 0 Å². The van der Waals surface area contributed by atoms with Crippen molar-refractivity contribution in [2.75, 3.05) is 19.6 Å². The van der Waals surface area contributed by atoms with Crippen LogP contribution in [0.5, 0.6) is 5.75 Å². The second-order valence-electron chi connectivity index (χ2n) is 8.26. The Balaban J connectivity index is 1.28. The first kappa shape index (κ1) is 19.9. The van der Waals surface area contributed by atoms with Gasteiger partial charge in [-0.05, 0) is 58.1 Å². The number of likely N-dealkylation sites (tertiary alicyclic amines) is 1. The standard InChI is InChI=1S/C22H31N5O2/c1-16-24-22(26-25-16)18-8-6-12-27(14-18)15-21(28)23-13-17-7-2-5-11-20(17)29-19-9-3-4-10-19/h2,5,7,11,18-19H,3-4,6,8-10,12-15H2,1H3,(H,23,28)(H,24,25,26). The molecule has 2 heterocycles. The third-order valence-corrected chi connectivity index (χ3v) is 5.90. The van der Waals surface area contributed by atoms with Crippen LogP contribution in [0.25, 0.3) is 0 Å². The molecule has 1 amide bonds. The lowest BCUT2D eigenvalue weighted by atomic mass is 9.97. The molecule has 1 aromatic heterocycles. The van der Waals surface area contributed by atoms with E-state index in [1.807, 2.05) is 31.2 Å². The molecule has 2 aromatic rings. The average Bonchev–Trinajstić information content (AvgIpc) is 3.39. The highest BCUT2D eigenvalue weighted by Gasteiger charge is 2.25. The number of aryl methyl sites for hydroxylation is 1. The van der Waals surface area contributed by atoms with Crippen molar-refractivity contribution in [1.82, 2.24) is 25.4 Å². The SMILES string of the molecule is Cc1nc(C2CCCN(CC(=O)NCc3ccccc3OC3CCCC3)C2)n[nH]1. The van der Waals surface area contributed by atoms with E-state index in [2.05, 4.69) is 25.4 Å². The first-order valence-electron chi connectivity index (χ1n) is 10.8. The summed E-state index contributed by atoms with van der Waals surface area (Å²) in [4.78, 5) is 19.2. The third kappa shape index (κ3) is 5.35. The lowest BCUT2D eigenvalue weighted by Gasteiger charge is -2.30. The molecule has 2 fully saturated rings. The Kier molecular flexibility index (Phi) is 6.44. The molecule has 7 nitrogen and oxygen atoms in total. The molecule has 2 aliphatic rings. The third-order valence-electron chi connectivity index (χ3n) is 5.90. The highest BCUT2D eigenvalue weighted by atomic mass is 16.5. The molecule has 1 saturated heterocycles. The van der Waals surface area contributed by atoms with Gasteiger partial charge >= 0.3 is 0 Å². The lowest BCUT2D eigenvalue weighted by molar-refractivity contribution is -0.122. The molecule has 4 rings (SSSR count). The van der Waals surface area contributed by atoms with Gasteiger partial charge < -0.3 is 10.1 Å². The molecular weight excluding hydrogens is 366 g/mol. The number of ether oxygens (including phenoxy) is 1. The Morgan fingerprint density at radius 1 is 1.24 bits per heavy atom. The Morgan fingerprint density at radius 2 is 2.07 bits per heavy atom. The normalized spacial score (nSPS) is 20.7. The van der Waals surface area contributed by atoms with Crippen LogP contribution >= 0.6 is 0 Å². The topological polar surface area (TPSA) is 83.1 Å². The molecule has 0 radical (unpaired) electrons. The number of H-pyrrole nitrogens is 1. The first-order valence-corrected chi connectivity index (χ1v) is 10.8. The van der Waals surface area contributed by atoms with Crippen LogP contribution in [-0.2, 0) is 11.3 Å². The van der Waals surface area contributed by atoms with Crippen molar-refractivity contribution in [3.63, 3.8) is 0 Å². The maximum absolute atomic E-state index is 12.6. The highest BCUT2D eigenvalue weighted by molar-refractivity contribution is 5.78. The van der Waals surface area contributed by atoms with Gasteiger partial charge in [0.25, 0.3) is 0 Å². The quantitative estimate of drug-likeness (QED) is 0.751. The first-order chi connectivity index (χ1) is 14.2. The second kappa shape index (κ2) is 9.39. The van der Waals surface area contributed by atoms with E-state index in [0.717, 1.165) is 61.7 Å². The number of hydrogen-bond acceptors (Lipinski definition) is 5. The number of aromatic nitrogens is 3. The zero-order valence-electron chi connectivity index (χ0n) is 17.2. The number of hydrogen-bond donors (Lipinski definition) is 2. The van der Waals surface area contributed by atoms with Crippen molar-refractivity contribution >= 4 is 5.91 Å². The van der Waals surface area contributed by atoms with Crippen LogP contribution < -0.4 is 10.1 Å². The van der Waals surface area contributed by atoms with Gasteiger partial charge in [-0.25, -0.2) is 4.98 Å². The van der Waals surface area contributed by atoms with Crippen molar-refractivity contribution in [3.8, 4) is 5.75 Å². The summed E-state index contributed by atoms with van der Waals surface area (Å²) in [6.45, 7) is 4.59. The predicted octanol–water partition coefficient (Wildman–Crippen LogP) is 2.93. The fraction of sp³-hybridized carbons (Fsp3) is 0.591. The largest absolute Gasteiger partial charge is 0.490 e. The smallest absolute Gasteiger partial charge is 0.234 e. The molecule has 1 unspecified atom stereocenters. The number of amides is 1. The van der Waals surface area contributed by atoms with E-state index in [1.54, 1.807) is 0 Å². The van der Waals surface area contributed by atoms with Crippen LogP contribution in [-0.4, -0.2) is 51.7 Å². The number of para-hydroxylation sites is 1. The summed E-state index contributed by atoms with van der Waals surface area (Å²) in [5.74, 6) is 2.95. The van der Waals surface area contributed by atoms with Crippen LogP contribution in [0.2, 0.25) is 0 Å². The molecule has 1 aliphatic carbocycles. The summed E-state index contributed by atoms with van der Waals surface area (Å²) < 4.78 is 6.18. The lowest BCUT2D eigenvalue weighted by Crippen LogP contribution is -2.42. The van der Waals surface area contributed by atoms with Gasteiger partial charge in [-0.3, -0.25) is 14.8 Å². The van der Waals surface area contributed by atoms with E-state index in [-0.39, 0.29) is 5.91 Å². The van der Waals surface area contributed by atoms with E-state index in [1.165, 1.54) is 12.8 Å². The van der Waals surface area contributed by atoms with Gasteiger partial charge in [-0.2, -0.15) is 5.10 Å². The zero-order chi connectivity index (χ0) is 20.1. The fourth-order valence-corrected chi connectivity index (χ4v) is 4.36. The number of aromatic amines is 1. The molecule has 0 bridgehead atoms. The average molecular weight is 398 g/mol. The number of rotatable bonds is 7. The number of nitrogens with one attached hydrogen (secondary N) is 2. The van der Waals surface area contributed by atoms with Crippen molar-refractivity contribution in [2.45, 2.75) is 64.0 Å². The number of carbonyl (C=O) groups is 1. The van der Waals surface area contributed by atoms with Crippen LogP contribution in [0.1, 0.15) is 61.7 Å². The van der Waals surface area contributed by atoms with E-state index in [9.17, 15) is 4.79 Å². The predicted molar refractivity (Wildman–Crippen MR) is 111 cm³/mol. The van der Waals surface area contributed by atoms with Gasteiger partial charge in [0.2, 0.25) is 5.91 Å². The fourth-order valence-electron chi connectivity index (χ4n) is 4.36. The van der Waals surface area contributed by atoms with Gasteiger partial charge in [0.05, 0.1) is 12.6 Å². The van der Waals surface area contributed by atoms with Crippen molar-refractivity contribution in [3.05, 3.63) is 41.5 Å². The zero-order valence-corrected chi connectivity index (χ0v) is 17.2. The van der Waals surface area contributed by atoms with Gasteiger partial charge in [0, 0.05) is 24.6 Å². The van der Waals surface area contributed by atoms with Crippen LogP contribution in [0.3, 0.4) is 0 Å². The molecule has 7 heteroatoms. The summed E-state index contributed by atoms with van der Waals surface area (Å²) in [5, 5.41) is 10.3. The maximum Gasteiger partial charge on any atom is 0.234 e. The summed E-state index contributed by atoms with van der Waals surface area (Å²) in [6.07, 6.45) is 7.19. The van der Waals surface area contributed by atoms with E-state index in [0.29, 0.717) is 25.1 Å². The summed E-state index contributed by atoms with van der Waals surface area (Å²) >= 11 is 0. The van der Waals surface area contributed by atoms with Crippen molar-refractivity contribution < 1.29 is 9.53 Å². The molecule has 156 valence electrons. The van der Waals surface area contributed by atoms with E-state index in [4.69, 9.17) is 4.74 Å². The van der Waals surface area contributed by atoms with Gasteiger partial charge in [-0.1, -0.05) is 18.2 Å². The minimum atomic E-state index is 0.0486. The Morgan fingerprint density at radius 3 is 2.86 bits per heavy atom. The number of piperidine rings is 1. The Bertz CT molecular complexity index is 815. The molecule has 1 aromatic carbocycles. The summed E-state index contributed by atoms with van der Waals surface area (Å²) in [5.41, 5.74) is 1.04. The number of nitrogens with zero attached hydrogens (tertiary/aromatic N) is 3. The summed E-state index contributed by atoms with van der Waals surface area (Å²) in [6, 6.07) is 8.03. The summed E-state index contributed by atoms with van der Waals surface area (Å²) in [7, 11) is 0. The highest BCUT2D eigenvalue weighted by Crippen LogP contribution is 2.27. The molecular formula is C22H31N5O2. The Labute approximate surface area is 172 Å². The van der Waals surface area contributed by atoms with E-state index >= 15 is 0 Å². The van der Waals surface area contributed by atoms with Crippen LogP contribution in [0, 0.1) is 6.92 Å². The van der Waals surface area contributed by atoms with Gasteiger partial charge in [-0.15, -0.1) is 0 Å². The molecule has 0 spiro atoms. The maximum atomic E-state index is 12.6. The molecule has 1 atom stereocenters. The minimum absolute atomic E-state index is 0.0486. The molecule has 1 aliphatic heterocycles. The van der Waals surface area contributed by atoms with Crippen molar-refractivity contribution in [2.24, 2.45) is 0 Å². The minimum Gasteiger partial charge on any atom is -0.490 e. The molecule has 2 N–H and O–H groups in total. The number of carbonyl (C=O) groups excluding carboxylic acids is 1. The second-order valence-corrected chi connectivity index (χ2v) is 8.26.